The highest BCUT2D eigenvalue weighted by Crippen LogP contribution is 1.81. The number of rotatable bonds is 7. The first-order valence-corrected chi connectivity index (χ1v) is 5.33. The van der Waals surface area contributed by atoms with Gasteiger partial charge in [-0.2, -0.15) is 0 Å². The van der Waals surface area contributed by atoms with Crippen LogP contribution in [0.15, 0.2) is 0 Å². The lowest BCUT2D eigenvalue weighted by Crippen LogP contribution is -2.44. The molecule has 0 aliphatic carbocycles. The van der Waals surface area contributed by atoms with E-state index in [1.54, 1.807) is 6.92 Å². The maximum absolute atomic E-state index is 11.4. The predicted molar refractivity (Wildman–Crippen MR) is 59.4 cm³/mol. The van der Waals surface area contributed by atoms with Crippen molar-refractivity contribution in [2.75, 3.05) is 19.6 Å². The first kappa shape index (κ1) is 13.9. The second-order valence-corrected chi connectivity index (χ2v) is 3.45. The van der Waals surface area contributed by atoms with Gasteiger partial charge in [0.1, 0.15) is 0 Å². The number of carbonyl (C=O) groups is 2. The third kappa shape index (κ3) is 7.93. The molecule has 0 aromatic carbocycles. The second-order valence-electron chi connectivity index (χ2n) is 3.45. The van der Waals surface area contributed by atoms with Crippen LogP contribution < -0.4 is 16.0 Å². The molecule has 0 aliphatic rings. The zero-order valence-electron chi connectivity index (χ0n) is 9.72. The number of carbonyl (C=O) groups excluding carboxylic acids is 2. The number of amides is 2. The van der Waals surface area contributed by atoms with Crippen molar-refractivity contribution in [2.24, 2.45) is 0 Å². The van der Waals surface area contributed by atoms with E-state index in [1.165, 1.54) is 6.92 Å². The molecule has 5 nitrogen and oxygen atoms in total. The molecule has 15 heavy (non-hydrogen) atoms. The molecule has 0 rings (SSSR count). The largest absolute Gasteiger partial charge is 0.355 e. The maximum atomic E-state index is 11.4. The molecule has 0 aromatic heterocycles. The van der Waals surface area contributed by atoms with Crippen LogP contribution in [-0.4, -0.2) is 37.5 Å². The molecule has 0 fully saturated rings. The molecule has 0 aromatic rings. The maximum Gasteiger partial charge on any atom is 0.236 e. The lowest BCUT2D eigenvalue weighted by molar-refractivity contribution is -0.122. The Morgan fingerprint density at radius 2 is 1.80 bits per heavy atom. The van der Waals surface area contributed by atoms with Crippen LogP contribution >= 0.6 is 0 Å². The minimum atomic E-state index is -0.217. The van der Waals surface area contributed by atoms with Gasteiger partial charge in [-0.15, -0.1) is 0 Å². The third-order valence-corrected chi connectivity index (χ3v) is 1.89. The molecule has 5 heteroatoms. The van der Waals surface area contributed by atoms with Crippen LogP contribution in [0.3, 0.4) is 0 Å². The highest BCUT2D eigenvalue weighted by molar-refractivity contribution is 5.81. The molecule has 0 heterocycles. The van der Waals surface area contributed by atoms with Gasteiger partial charge in [0.15, 0.2) is 0 Å². The first-order chi connectivity index (χ1) is 7.07. The summed E-state index contributed by atoms with van der Waals surface area (Å²) >= 11 is 0. The van der Waals surface area contributed by atoms with Crippen molar-refractivity contribution in [3.05, 3.63) is 0 Å². The van der Waals surface area contributed by atoms with E-state index >= 15 is 0 Å². The Labute approximate surface area is 91.0 Å². The molecule has 88 valence electrons. The fourth-order valence-electron chi connectivity index (χ4n) is 1.02. The van der Waals surface area contributed by atoms with Gasteiger partial charge in [0.25, 0.3) is 0 Å². The van der Waals surface area contributed by atoms with Crippen molar-refractivity contribution < 1.29 is 9.59 Å². The number of hydrogen-bond donors (Lipinski definition) is 3. The zero-order valence-corrected chi connectivity index (χ0v) is 9.72. The Kier molecular flexibility index (Phi) is 7.62. The topological polar surface area (TPSA) is 70.2 Å². The lowest BCUT2D eigenvalue weighted by Gasteiger charge is -2.13. The summed E-state index contributed by atoms with van der Waals surface area (Å²) in [6.07, 6.45) is 0.935. The monoisotopic (exact) mass is 215 g/mol. The molecule has 2 amide bonds. The standard InChI is InChI=1S/C10H21N3O2/c1-4-5-13-10(15)8(2)11-6-7-12-9(3)14/h8,11H,4-7H2,1-3H3,(H,12,14)(H,13,15). The summed E-state index contributed by atoms with van der Waals surface area (Å²) in [6, 6.07) is -0.217. The Morgan fingerprint density at radius 3 is 2.33 bits per heavy atom. The Morgan fingerprint density at radius 1 is 1.13 bits per heavy atom. The molecular formula is C10H21N3O2. The van der Waals surface area contributed by atoms with Crippen molar-refractivity contribution in [1.29, 1.82) is 0 Å². The molecule has 0 saturated heterocycles. The molecular weight excluding hydrogens is 194 g/mol. The highest BCUT2D eigenvalue weighted by Gasteiger charge is 2.09. The fraction of sp³-hybridized carbons (Fsp3) is 0.800. The minimum Gasteiger partial charge on any atom is -0.355 e. The zero-order chi connectivity index (χ0) is 11.7. The van der Waals surface area contributed by atoms with E-state index in [0.29, 0.717) is 19.6 Å². The van der Waals surface area contributed by atoms with Crippen molar-refractivity contribution >= 4 is 11.8 Å². The lowest BCUT2D eigenvalue weighted by atomic mass is 10.3. The van der Waals surface area contributed by atoms with Gasteiger partial charge in [0, 0.05) is 26.6 Å². The SMILES string of the molecule is CCCNC(=O)C(C)NCCNC(C)=O. The molecule has 0 aliphatic heterocycles. The smallest absolute Gasteiger partial charge is 0.236 e. The van der Waals surface area contributed by atoms with E-state index in [9.17, 15) is 9.59 Å². The van der Waals surface area contributed by atoms with Crippen LogP contribution in [0.2, 0.25) is 0 Å². The molecule has 3 N–H and O–H groups in total. The summed E-state index contributed by atoms with van der Waals surface area (Å²) < 4.78 is 0. The van der Waals surface area contributed by atoms with Gasteiger partial charge in [0.2, 0.25) is 11.8 Å². The molecule has 0 saturated carbocycles. The quantitative estimate of drug-likeness (QED) is 0.507. The average molecular weight is 215 g/mol. The van der Waals surface area contributed by atoms with Gasteiger partial charge in [-0.1, -0.05) is 6.92 Å². The average Bonchev–Trinajstić information content (AvgIpc) is 2.20. The van der Waals surface area contributed by atoms with Crippen LogP contribution in [0.5, 0.6) is 0 Å². The van der Waals surface area contributed by atoms with Crippen LogP contribution in [0, 0.1) is 0 Å². The van der Waals surface area contributed by atoms with Gasteiger partial charge in [-0.25, -0.2) is 0 Å². The normalized spacial score (nSPS) is 11.9. The summed E-state index contributed by atoms with van der Waals surface area (Å²) in [5.74, 6) is -0.0560. The molecule has 1 atom stereocenters. The van der Waals surface area contributed by atoms with Crippen LogP contribution in [-0.2, 0) is 9.59 Å². The van der Waals surface area contributed by atoms with E-state index < -0.39 is 0 Å². The summed E-state index contributed by atoms with van der Waals surface area (Å²) in [5, 5.41) is 8.46. The first-order valence-electron chi connectivity index (χ1n) is 5.33. The van der Waals surface area contributed by atoms with E-state index in [1.807, 2.05) is 6.92 Å². The van der Waals surface area contributed by atoms with Crippen molar-refractivity contribution in [1.82, 2.24) is 16.0 Å². The van der Waals surface area contributed by atoms with E-state index in [0.717, 1.165) is 6.42 Å². The highest BCUT2D eigenvalue weighted by atomic mass is 16.2. The Balaban J connectivity index is 3.50. The van der Waals surface area contributed by atoms with Crippen molar-refractivity contribution in [2.45, 2.75) is 33.2 Å². The molecule has 0 radical (unpaired) electrons. The van der Waals surface area contributed by atoms with E-state index in [4.69, 9.17) is 0 Å². The van der Waals surface area contributed by atoms with Crippen LogP contribution in [0.25, 0.3) is 0 Å². The summed E-state index contributed by atoms with van der Waals surface area (Å²) in [6.45, 7) is 7.13. The Hall–Kier alpha value is -1.10. The van der Waals surface area contributed by atoms with Gasteiger partial charge < -0.3 is 16.0 Å². The van der Waals surface area contributed by atoms with Crippen molar-refractivity contribution in [3.63, 3.8) is 0 Å². The Bertz CT molecular complexity index is 207. The van der Waals surface area contributed by atoms with Crippen molar-refractivity contribution in [3.8, 4) is 0 Å². The van der Waals surface area contributed by atoms with E-state index in [-0.39, 0.29) is 17.9 Å². The number of hydrogen-bond acceptors (Lipinski definition) is 3. The predicted octanol–water partition coefficient (Wildman–Crippen LogP) is -0.373. The van der Waals surface area contributed by atoms with Gasteiger partial charge in [0.05, 0.1) is 6.04 Å². The summed E-state index contributed by atoms with van der Waals surface area (Å²) in [7, 11) is 0. The minimum absolute atomic E-state index is 0.000301. The van der Waals surface area contributed by atoms with Crippen LogP contribution in [0.1, 0.15) is 27.2 Å². The third-order valence-electron chi connectivity index (χ3n) is 1.89. The number of nitrogens with one attached hydrogen (secondary N) is 3. The van der Waals surface area contributed by atoms with E-state index in [2.05, 4.69) is 16.0 Å². The van der Waals surface area contributed by atoms with Gasteiger partial charge in [-0.3, -0.25) is 9.59 Å². The summed E-state index contributed by atoms with van der Waals surface area (Å²) in [4.78, 5) is 21.9. The fourth-order valence-corrected chi connectivity index (χ4v) is 1.02. The van der Waals surface area contributed by atoms with Gasteiger partial charge in [-0.05, 0) is 13.3 Å². The molecule has 1 unspecified atom stereocenters. The summed E-state index contributed by atoms with van der Waals surface area (Å²) in [5.41, 5.74) is 0. The molecule has 0 spiro atoms. The van der Waals surface area contributed by atoms with Crippen LogP contribution in [0.4, 0.5) is 0 Å². The van der Waals surface area contributed by atoms with Gasteiger partial charge >= 0.3 is 0 Å². The molecule has 0 bridgehead atoms. The second kappa shape index (κ2) is 8.23.